The van der Waals surface area contributed by atoms with Crippen molar-refractivity contribution in [1.29, 1.82) is 0 Å². The van der Waals surface area contributed by atoms with E-state index in [1.165, 1.54) is 39.0 Å². The number of rotatable bonds is 2. The van der Waals surface area contributed by atoms with Gasteiger partial charge in [-0.2, -0.15) is 0 Å². The van der Waals surface area contributed by atoms with E-state index in [0.717, 1.165) is 51.4 Å². The van der Waals surface area contributed by atoms with Crippen LogP contribution in [0.1, 0.15) is 19.3 Å². The second-order valence-corrected chi connectivity index (χ2v) is 6.87. The Labute approximate surface area is 121 Å². The Morgan fingerprint density at radius 2 is 1.85 bits per heavy atom. The maximum atomic E-state index is 6.05. The smallest absolute Gasteiger partial charge is 0.0951 e. The summed E-state index contributed by atoms with van der Waals surface area (Å²) in [4.78, 5) is 5.36. The summed E-state index contributed by atoms with van der Waals surface area (Å²) in [5.41, 5.74) is 0.0586. The molecular weight excluding hydrogens is 254 g/mol. The molecule has 5 nitrogen and oxygen atoms in total. The zero-order chi connectivity index (χ0) is 13.4. The number of hydrogen-bond acceptors (Lipinski definition) is 5. The van der Waals surface area contributed by atoms with Crippen molar-refractivity contribution in [1.82, 2.24) is 15.1 Å². The van der Waals surface area contributed by atoms with Crippen molar-refractivity contribution in [2.24, 2.45) is 0 Å². The van der Waals surface area contributed by atoms with Crippen molar-refractivity contribution in [2.45, 2.75) is 36.9 Å². The highest BCUT2D eigenvalue weighted by Gasteiger charge is 2.45. The first-order chi connectivity index (χ1) is 9.85. The summed E-state index contributed by atoms with van der Waals surface area (Å²) in [5, 5.41) is 3.44. The molecule has 1 spiro atoms. The molecule has 0 aromatic heterocycles. The molecule has 4 fully saturated rings. The second kappa shape index (κ2) is 5.54. The van der Waals surface area contributed by atoms with Crippen LogP contribution >= 0.6 is 0 Å². The third kappa shape index (κ3) is 2.50. The largest absolute Gasteiger partial charge is 0.378 e. The third-order valence-corrected chi connectivity index (χ3v) is 5.61. The highest BCUT2D eigenvalue weighted by molar-refractivity contribution is 4.99. The number of ether oxygens (including phenoxy) is 2. The highest BCUT2D eigenvalue weighted by atomic mass is 16.6. The Morgan fingerprint density at radius 1 is 1.00 bits per heavy atom. The minimum absolute atomic E-state index is 0.0586. The van der Waals surface area contributed by atoms with Gasteiger partial charge in [0.05, 0.1) is 12.2 Å². The van der Waals surface area contributed by atoms with E-state index in [2.05, 4.69) is 15.1 Å². The Hall–Kier alpha value is -0.200. The Balaban J connectivity index is 1.29. The van der Waals surface area contributed by atoms with Crippen molar-refractivity contribution in [3.8, 4) is 0 Å². The van der Waals surface area contributed by atoms with Crippen LogP contribution in [0.15, 0.2) is 0 Å². The zero-order valence-electron chi connectivity index (χ0n) is 12.4. The van der Waals surface area contributed by atoms with Crippen LogP contribution < -0.4 is 5.32 Å². The molecule has 0 bridgehead atoms. The lowest BCUT2D eigenvalue weighted by Gasteiger charge is -2.52. The molecule has 0 saturated carbocycles. The monoisotopic (exact) mass is 281 g/mol. The molecular formula is C15H27N3O2. The molecule has 5 heteroatoms. The van der Waals surface area contributed by atoms with Crippen LogP contribution in [0.4, 0.5) is 0 Å². The first-order valence-corrected chi connectivity index (χ1v) is 8.25. The van der Waals surface area contributed by atoms with Crippen molar-refractivity contribution < 1.29 is 9.47 Å². The molecule has 0 amide bonds. The lowest BCUT2D eigenvalue weighted by Crippen LogP contribution is -2.66. The van der Waals surface area contributed by atoms with Gasteiger partial charge >= 0.3 is 0 Å². The summed E-state index contributed by atoms with van der Waals surface area (Å²) >= 11 is 0. The minimum atomic E-state index is 0.0586. The molecule has 4 rings (SSSR count). The predicted molar refractivity (Wildman–Crippen MR) is 76.9 cm³/mol. The molecule has 0 aromatic carbocycles. The molecule has 4 heterocycles. The van der Waals surface area contributed by atoms with Gasteiger partial charge in [-0.1, -0.05) is 0 Å². The van der Waals surface area contributed by atoms with Crippen LogP contribution in [0.2, 0.25) is 0 Å². The minimum Gasteiger partial charge on any atom is -0.378 e. The van der Waals surface area contributed by atoms with E-state index in [1.54, 1.807) is 0 Å². The van der Waals surface area contributed by atoms with E-state index < -0.39 is 0 Å². The SMILES string of the molecule is C1CN(C2CN(C3CCOC4(CCOC4)C3)C2)CCN1. The number of likely N-dealkylation sites (tertiary alicyclic amines) is 1. The van der Waals surface area contributed by atoms with E-state index in [4.69, 9.17) is 9.47 Å². The average Bonchev–Trinajstić information content (AvgIpc) is 2.86. The Morgan fingerprint density at radius 3 is 2.60 bits per heavy atom. The fourth-order valence-corrected chi connectivity index (χ4v) is 4.24. The fraction of sp³-hybridized carbons (Fsp3) is 1.00. The Bertz CT molecular complexity index is 334. The van der Waals surface area contributed by atoms with Crippen LogP contribution in [0.25, 0.3) is 0 Å². The van der Waals surface area contributed by atoms with Crippen molar-refractivity contribution >= 4 is 0 Å². The molecule has 2 unspecified atom stereocenters. The van der Waals surface area contributed by atoms with Gasteiger partial charge in [0.15, 0.2) is 0 Å². The topological polar surface area (TPSA) is 37.0 Å². The predicted octanol–water partition coefficient (Wildman–Crippen LogP) is -0.0861. The first kappa shape index (κ1) is 13.5. The number of nitrogens with zero attached hydrogens (tertiary/aromatic N) is 2. The molecule has 4 aliphatic rings. The third-order valence-electron chi connectivity index (χ3n) is 5.61. The quantitative estimate of drug-likeness (QED) is 0.766. The van der Waals surface area contributed by atoms with Gasteiger partial charge in [-0.3, -0.25) is 9.80 Å². The molecule has 4 aliphatic heterocycles. The molecule has 0 aromatic rings. The summed E-state index contributed by atoms with van der Waals surface area (Å²) in [6, 6.07) is 1.53. The number of piperazine rings is 1. The maximum Gasteiger partial charge on any atom is 0.0951 e. The fourth-order valence-electron chi connectivity index (χ4n) is 4.24. The summed E-state index contributed by atoms with van der Waals surface area (Å²) in [6.45, 7) is 9.93. The van der Waals surface area contributed by atoms with Crippen LogP contribution in [0.3, 0.4) is 0 Å². The van der Waals surface area contributed by atoms with Gasteiger partial charge in [0.2, 0.25) is 0 Å². The maximum absolute atomic E-state index is 6.05. The summed E-state index contributed by atoms with van der Waals surface area (Å²) in [5.74, 6) is 0. The van der Waals surface area contributed by atoms with Crippen LogP contribution in [0, 0.1) is 0 Å². The number of nitrogens with one attached hydrogen (secondary N) is 1. The van der Waals surface area contributed by atoms with E-state index in [9.17, 15) is 0 Å². The summed E-state index contributed by atoms with van der Waals surface area (Å²) < 4.78 is 11.6. The molecule has 114 valence electrons. The van der Waals surface area contributed by atoms with Gasteiger partial charge in [-0.15, -0.1) is 0 Å². The van der Waals surface area contributed by atoms with Crippen LogP contribution in [0.5, 0.6) is 0 Å². The van der Waals surface area contributed by atoms with Gasteiger partial charge in [-0.05, 0) is 12.8 Å². The number of hydrogen-bond donors (Lipinski definition) is 1. The molecule has 0 aliphatic carbocycles. The van der Waals surface area contributed by atoms with Gasteiger partial charge < -0.3 is 14.8 Å². The molecule has 0 radical (unpaired) electrons. The normalized spacial score (nSPS) is 41.1. The van der Waals surface area contributed by atoms with Gasteiger partial charge in [0.25, 0.3) is 0 Å². The van der Waals surface area contributed by atoms with E-state index in [-0.39, 0.29) is 5.60 Å². The van der Waals surface area contributed by atoms with Gasteiger partial charge in [0.1, 0.15) is 0 Å². The van der Waals surface area contributed by atoms with Crippen LogP contribution in [-0.2, 0) is 9.47 Å². The summed E-state index contributed by atoms with van der Waals surface area (Å²) in [7, 11) is 0. The average molecular weight is 281 g/mol. The highest BCUT2D eigenvalue weighted by Crippen LogP contribution is 2.36. The van der Waals surface area contributed by atoms with Crippen molar-refractivity contribution in [3.05, 3.63) is 0 Å². The Kier molecular flexibility index (Phi) is 3.73. The van der Waals surface area contributed by atoms with E-state index >= 15 is 0 Å². The first-order valence-electron chi connectivity index (χ1n) is 8.25. The molecule has 2 atom stereocenters. The molecule has 1 N–H and O–H groups in total. The lowest BCUT2D eigenvalue weighted by atomic mass is 9.87. The lowest BCUT2D eigenvalue weighted by molar-refractivity contribution is -0.123. The zero-order valence-corrected chi connectivity index (χ0v) is 12.4. The van der Waals surface area contributed by atoms with Gasteiger partial charge in [-0.25, -0.2) is 0 Å². The van der Waals surface area contributed by atoms with Crippen molar-refractivity contribution in [3.63, 3.8) is 0 Å². The van der Waals surface area contributed by atoms with Crippen LogP contribution in [-0.4, -0.2) is 86.6 Å². The van der Waals surface area contributed by atoms with E-state index in [1.807, 2.05) is 0 Å². The van der Waals surface area contributed by atoms with E-state index in [0.29, 0.717) is 0 Å². The molecule has 20 heavy (non-hydrogen) atoms. The second-order valence-electron chi connectivity index (χ2n) is 6.87. The van der Waals surface area contributed by atoms with Gasteiger partial charge in [0, 0.05) is 71.0 Å². The standard InChI is InChI=1S/C15H27N3O2/c1-7-20-15(2-8-19-12-15)9-13(1)18-10-14(11-18)17-5-3-16-4-6-17/h13-14,16H,1-12H2. The summed E-state index contributed by atoms with van der Waals surface area (Å²) in [6.07, 6.45) is 3.48. The van der Waals surface area contributed by atoms with Crippen molar-refractivity contribution in [2.75, 3.05) is 59.1 Å². The molecule has 4 saturated heterocycles.